The molecule has 6 heteroatoms. The van der Waals surface area contributed by atoms with Crippen molar-refractivity contribution >= 4 is 10.1 Å². The van der Waals surface area contributed by atoms with E-state index in [0.717, 1.165) is 54.5 Å². The molecule has 5 nitrogen and oxygen atoms in total. The molecule has 0 aliphatic rings. The van der Waals surface area contributed by atoms with E-state index in [1.807, 2.05) is 30.3 Å². The Kier molecular flexibility index (Phi) is 12.0. The second kappa shape index (κ2) is 15.2. The zero-order valence-corrected chi connectivity index (χ0v) is 25.0. The van der Waals surface area contributed by atoms with Gasteiger partial charge >= 0.3 is 0 Å². The lowest BCUT2D eigenvalue weighted by atomic mass is 9.85. The highest BCUT2D eigenvalue weighted by Crippen LogP contribution is 2.37. The molecule has 0 aliphatic heterocycles. The lowest BCUT2D eigenvalue weighted by molar-refractivity contribution is 0.171. The van der Waals surface area contributed by atoms with Crippen molar-refractivity contribution in [2.75, 3.05) is 19.4 Å². The van der Waals surface area contributed by atoms with Gasteiger partial charge in [0.2, 0.25) is 0 Å². The Bertz CT molecular complexity index is 1220. The first-order valence-corrected chi connectivity index (χ1v) is 15.9. The molecule has 39 heavy (non-hydrogen) atoms. The van der Waals surface area contributed by atoms with E-state index in [1.165, 1.54) is 5.56 Å². The van der Waals surface area contributed by atoms with Gasteiger partial charge in [-0.2, -0.15) is 8.42 Å². The van der Waals surface area contributed by atoms with Crippen molar-refractivity contribution < 1.29 is 17.3 Å². The minimum Gasteiger partial charge on any atom is -0.489 e. The SMILES string of the molecule is CC(C)N(CCCC[C@H](c1ccccc1)c1cc(CCOS(C)(=O)=O)ccc1OCc1ccccc1)C(C)C. The van der Waals surface area contributed by atoms with Gasteiger partial charge in [0.05, 0.1) is 12.9 Å². The van der Waals surface area contributed by atoms with Crippen LogP contribution in [0.25, 0.3) is 0 Å². The van der Waals surface area contributed by atoms with Gasteiger partial charge in [0.15, 0.2) is 0 Å². The zero-order chi connectivity index (χ0) is 28.3. The molecule has 0 saturated heterocycles. The average Bonchev–Trinajstić information content (AvgIpc) is 2.90. The smallest absolute Gasteiger partial charge is 0.264 e. The van der Waals surface area contributed by atoms with Gasteiger partial charge in [-0.3, -0.25) is 9.08 Å². The van der Waals surface area contributed by atoms with Crippen molar-refractivity contribution in [3.05, 3.63) is 101 Å². The van der Waals surface area contributed by atoms with Gasteiger partial charge in [0.25, 0.3) is 10.1 Å². The Morgan fingerprint density at radius 1 is 0.795 bits per heavy atom. The summed E-state index contributed by atoms with van der Waals surface area (Å²) < 4.78 is 34.4. The maximum Gasteiger partial charge on any atom is 0.264 e. The standard InChI is InChI=1S/C33H45NO4S/c1-26(2)34(27(3)4)22-13-12-18-31(30-16-10-7-11-17-30)32-24-28(21-23-38-39(5,35)36)19-20-33(32)37-25-29-14-8-6-9-15-29/h6-11,14-17,19-20,24,26-27,31H,12-13,18,21-23,25H2,1-5H3/t31-/m1/s1. The summed E-state index contributed by atoms with van der Waals surface area (Å²) in [6.45, 7) is 10.8. The van der Waals surface area contributed by atoms with Crippen LogP contribution in [0.4, 0.5) is 0 Å². The normalized spacial score (nSPS) is 12.8. The largest absolute Gasteiger partial charge is 0.489 e. The van der Waals surface area contributed by atoms with Crippen LogP contribution >= 0.6 is 0 Å². The Labute approximate surface area is 236 Å². The van der Waals surface area contributed by atoms with Crippen LogP contribution in [0.3, 0.4) is 0 Å². The van der Waals surface area contributed by atoms with Gasteiger partial charge in [-0.25, -0.2) is 0 Å². The molecule has 0 fully saturated rings. The molecule has 0 radical (unpaired) electrons. The summed E-state index contributed by atoms with van der Waals surface area (Å²) in [5.74, 6) is 1.03. The molecule has 0 saturated carbocycles. The molecule has 3 rings (SSSR count). The predicted octanol–water partition coefficient (Wildman–Crippen LogP) is 7.21. The van der Waals surface area contributed by atoms with E-state index >= 15 is 0 Å². The van der Waals surface area contributed by atoms with Crippen molar-refractivity contribution in [2.45, 2.75) is 78.0 Å². The van der Waals surface area contributed by atoms with Crippen LogP contribution in [0, 0.1) is 0 Å². The summed E-state index contributed by atoms with van der Waals surface area (Å²) in [6.07, 6.45) is 4.82. The molecule has 3 aromatic carbocycles. The number of unbranched alkanes of at least 4 members (excludes halogenated alkanes) is 1. The van der Waals surface area contributed by atoms with Crippen molar-refractivity contribution in [3.63, 3.8) is 0 Å². The van der Waals surface area contributed by atoms with Gasteiger partial charge in [0.1, 0.15) is 12.4 Å². The van der Waals surface area contributed by atoms with E-state index in [0.29, 0.717) is 25.1 Å². The number of benzene rings is 3. The van der Waals surface area contributed by atoms with Crippen LogP contribution in [0.15, 0.2) is 78.9 Å². The Morgan fingerprint density at radius 2 is 1.44 bits per heavy atom. The summed E-state index contributed by atoms with van der Waals surface area (Å²) in [6, 6.07) is 28.1. The summed E-state index contributed by atoms with van der Waals surface area (Å²) in [5, 5.41) is 0. The molecule has 1 atom stereocenters. The van der Waals surface area contributed by atoms with Crippen molar-refractivity contribution in [3.8, 4) is 5.75 Å². The maximum atomic E-state index is 11.5. The third-order valence-electron chi connectivity index (χ3n) is 7.06. The van der Waals surface area contributed by atoms with Gasteiger partial charge in [-0.1, -0.05) is 79.2 Å². The first-order valence-electron chi connectivity index (χ1n) is 14.1. The topological polar surface area (TPSA) is 55.8 Å². The lowest BCUT2D eigenvalue weighted by Crippen LogP contribution is -2.37. The number of hydrogen-bond acceptors (Lipinski definition) is 5. The van der Waals surface area contributed by atoms with Crippen LogP contribution in [-0.2, 0) is 27.3 Å². The molecule has 0 N–H and O–H groups in total. The third kappa shape index (κ3) is 10.4. The average molecular weight is 552 g/mol. The monoisotopic (exact) mass is 551 g/mol. The number of ether oxygens (including phenoxy) is 1. The maximum absolute atomic E-state index is 11.5. The minimum absolute atomic E-state index is 0.124. The van der Waals surface area contributed by atoms with Crippen molar-refractivity contribution in [1.29, 1.82) is 0 Å². The molecule has 3 aromatic rings. The minimum atomic E-state index is -3.47. The van der Waals surface area contributed by atoms with Gasteiger partial charge in [-0.15, -0.1) is 0 Å². The van der Waals surface area contributed by atoms with E-state index in [4.69, 9.17) is 8.92 Å². The van der Waals surface area contributed by atoms with E-state index < -0.39 is 10.1 Å². The quantitative estimate of drug-likeness (QED) is 0.139. The highest BCUT2D eigenvalue weighted by Gasteiger charge is 2.20. The Hall–Kier alpha value is -2.67. The van der Waals surface area contributed by atoms with Gasteiger partial charge in [0, 0.05) is 23.6 Å². The summed E-state index contributed by atoms with van der Waals surface area (Å²) in [5.41, 5.74) is 4.55. The van der Waals surface area contributed by atoms with E-state index in [-0.39, 0.29) is 12.5 Å². The molecule has 0 spiro atoms. The van der Waals surface area contributed by atoms with E-state index in [9.17, 15) is 8.42 Å². The third-order valence-corrected chi connectivity index (χ3v) is 7.66. The molecule has 0 heterocycles. The number of nitrogens with zero attached hydrogens (tertiary/aromatic N) is 1. The fourth-order valence-corrected chi connectivity index (χ4v) is 5.53. The van der Waals surface area contributed by atoms with Crippen molar-refractivity contribution in [1.82, 2.24) is 4.90 Å². The molecular weight excluding hydrogens is 506 g/mol. The van der Waals surface area contributed by atoms with Crippen LogP contribution in [-0.4, -0.2) is 44.8 Å². The fourth-order valence-electron chi connectivity index (χ4n) is 5.15. The van der Waals surface area contributed by atoms with Crippen LogP contribution < -0.4 is 4.74 Å². The van der Waals surface area contributed by atoms with Crippen molar-refractivity contribution in [2.24, 2.45) is 0 Å². The van der Waals surface area contributed by atoms with Crippen LogP contribution in [0.2, 0.25) is 0 Å². The molecule has 212 valence electrons. The first-order chi connectivity index (χ1) is 18.6. The summed E-state index contributed by atoms with van der Waals surface area (Å²) >= 11 is 0. The lowest BCUT2D eigenvalue weighted by Gasteiger charge is -2.30. The molecule has 0 unspecified atom stereocenters. The zero-order valence-electron chi connectivity index (χ0n) is 24.2. The van der Waals surface area contributed by atoms with Crippen LogP contribution in [0.1, 0.15) is 75.1 Å². The Morgan fingerprint density at radius 3 is 2.05 bits per heavy atom. The Balaban J connectivity index is 1.87. The highest BCUT2D eigenvalue weighted by atomic mass is 32.2. The molecule has 0 aromatic heterocycles. The van der Waals surface area contributed by atoms with E-state index in [2.05, 4.69) is 81.1 Å². The number of hydrogen-bond donors (Lipinski definition) is 0. The predicted molar refractivity (Wildman–Crippen MR) is 161 cm³/mol. The highest BCUT2D eigenvalue weighted by molar-refractivity contribution is 7.85. The first kappa shape index (κ1) is 30.9. The molecular formula is C33H45NO4S. The number of rotatable bonds is 16. The van der Waals surface area contributed by atoms with E-state index in [1.54, 1.807) is 0 Å². The van der Waals surface area contributed by atoms with Crippen LogP contribution in [0.5, 0.6) is 5.75 Å². The second-order valence-electron chi connectivity index (χ2n) is 10.8. The summed E-state index contributed by atoms with van der Waals surface area (Å²) in [7, 11) is -3.47. The summed E-state index contributed by atoms with van der Waals surface area (Å²) in [4.78, 5) is 2.55. The fraction of sp³-hybridized carbons (Fsp3) is 0.455. The molecule has 0 bridgehead atoms. The van der Waals surface area contributed by atoms with Gasteiger partial charge < -0.3 is 4.74 Å². The molecule has 0 amide bonds. The van der Waals surface area contributed by atoms with Gasteiger partial charge in [-0.05, 0) is 76.3 Å². The molecule has 0 aliphatic carbocycles. The second-order valence-corrected chi connectivity index (χ2v) is 12.5.